The van der Waals surface area contributed by atoms with E-state index in [-0.39, 0.29) is 43.1 Å². The number of ether oxygens (including phenoxy) is 1. The van der Waals surface area contributed by atoms with Gasteiger partial charge in [-0.1, -0.05) is 12.1 Å². The lowest BCUT2D eigenvalue weighted by atomic mass is 10.0. The summed E-state index contributed by atoms with van der Waals surface area (Å²) in [5, 5.41) is 9.81. The first-order valence-corrected chi connectivity index (χ1v) is 10.1. The van der Waals surface area contributed by atoms with Crippen molar-refractivity contribution in [1.82, 2.24) is 9.88 Å². The van der Waals surface area contributed by atoms with Gasteiger partial charge in [0.2, 0.25) is 5.91 Å². The lowest BCUT2D eigenvalue weighted by molar-refractivity contribution is -0.153. The number of alkyl halides is 3. The Bertz CT molecular complexity index is 1070. The molecule has 0 aliphatic carbocycles. The van der Waals surface area contributed by atoms with Gasteiger partial charge in [0.1, 0.15) is 11.6 Å². The summed E-state index contributed by atoms with van der Waals surface area (Å²) in [7, 11) is 0. The molecule has 7 nitrogen and oxygen atoms in total. The number of aryl methyl sites for hydroxylation is 1. The van der Waals surface area contributed by atoms with Crippen LogP contribution in [0, 0.1) is 6.92 Å². The smallest absolute Gasteiger partial charge is 0.422 e. The van der Waals surface area contributed by atoms with Gasteiger partial charge in [-0.05, 0) is 37.1 Å². The summed E-state index contributed by atoms with van der Waals surface area (Å²) in [6, 6.07) is 6.03. The molecule has 1 saturated heterocycles. The van der Waals surface area contributed by atoms with Crippen LogP contribution in [0.2, 0.25) is 0 Å². The summed E-state index contributed by atoms with van der Waals surface area (Å²) in [6.45, 7) is 2.46. The maximum absolute atomic E-state index is 13.1. The predicted molar refractivity (Wildman–Crippen MR) is 108 cm³/mol. The number of aliphatic hydroxyl groups is 1. The average molecular weight is 449 g/mol. The van der Waals surface area contributed by atoms with Gasteiger partial charge in [0.15, 0.2) is 6.61 Å². The molecule has 170 valence electrons. The van der Waals surface area contributed by atoms with Gasteiger partial charge in [-0.25, -0.2) is 4.98 Å². The van der Waals surface area contributed by atoms with E-state index < -0.39 is 18.9 Å². The van der Waals surface area contributed by atoms with Gasteiger partial charge < -0.3 is 14.7 Å². The largest absolute Gasteiger partial charge is 0.484 e. The molecular formula is C22H22F3N3O4. The van der Waals surface area contributed by atoms with Crippen molar-refractivity contribution in [3.8, 4) is 5.75 Å². The molecule has 32 heavy (non-hydrogen) atoms. The van der Waals surface area contributed by atoms with Gasteiger partial charge in [-0.3, -0.25) is 14.5 Å². The average Bonchev–Trinajstić information content (AvgIpc) is 3.24. The summed E-state index contributed by atoms with van der Waals surface area (Å²) in [5.74, 6) is 0.0342. The van der Waals surface area contributed by atoms with Crippen molar-refractivity contribution >= 4 is 17.6 Å². The van der Waals surface area contributed by atoms with E-state index in [0.717, 1.165) is 5.56 Å². The van der Waals surface area contributed by atoms with Crippen molar-refractivity contribution in [3.63, 3.8) is 0 Å². The third-order valence-electron chi connectivity index (χ3n) is 5.75. The van der Waals surface area contributed by atoms with Crippen LogP contribution < -0.4 is 9.64 Å². The molecule has 2 aliphatic rings. The highest BCUT2D eigenvalue weighted by molar-refractivity contribution is 6.02. The van der Waals surface area contributed by atoms with Crippen molar-refractivity contribution in [1.29, 1.82) is 0 Å². The van der Waals surface area contributed by atoms with Crippen LogP contribution in [-0.2, 0) is 11.3 Å². The van der Waals surface area contributed by atoms with Crippen LogP contribution >= 0.6 is 0 Å². The molecule has 2 unspecified atom stereocenters. The van der Waals surface area contributed by atoms with Gasteiger partial charge in [0.25, 0.3) is 5.91 Å². The Kier molecular flexibility index (Phi) is 5.58. The molecule has 1 N–H and O–H groups in total. The number of nitrogens with zero attached hydrogens (tertiary/aromatic N) is 3. The number of benzene rings is 1. The summed E-state index contributed by atoms with van der Waals surface area (Å²) in [4.78, 5) is 32.6. The van der Waals surface area contributed by atoms with Crippen molar-refractivity contribution in [2.75, 3.05) is 18.1 Å². The molecule has 1 aromatic heterocycles. The molecular weight excluding hydrogens is 427 g/mol. The molecule has 2 aromatic rings. The number of rotatable bonds is 5. The van der Waals surface area contributed by atoms with Gasteiger partial charge in [-0.2, -0.15) is 13.2 Å². The zero-order valence-electron chi connectivity index (χ0n) is 17.5. The Hall–Kier alpha value is -3.14. The number of aliphatic hydroxyl groups excluding tert-OH is 1. The van der Waals surface area contributed by atoms with Gasteiger partial charge in [0, 0.05) is 17.3 Å². The standard InChI is InChI=1S/C22H22F3N3O4/c1-12-7-14(3-4-18(12)32-11-22(23,24)25)13(2)27-10-17-16(21(27)31)5-6-26-20(17)28-9-15(29)8-19(28)30/h3-7,13,15,29H,8-11H2,1-2H3. The van der Waals surface area contributed by atoms with Crippen LogP contribution in [0.5, 0.6) is 5.75 Å². The fraction of sp³-hybridized carbons (Fsp3) is 0.409. The van der Waals surface area contributed by atoms with E-state index in [1.54, 1.807) is 30.0 Å². The first kappa shape index (κ1) is 22.1. The molecule has 1 aromatic carbocycles. The Labute approximate surface area is 182 Å². The van der Waals surface area contributed by atoms with Crippen LogP contribution in [0.3, 0.4) is 0 Å². The highest BCUT2D eigenvalue weighted by Gasteiger charge is 2.38. The maximum Gasteiger partial charge on any atom is 0.422 e. The molecule has 3 heterocycles. The molecule has 0 bridgehead atoms. The number of carbonyl (C=O) groups excluding carboxylic acids is 2. The van der Waals surface area contributed by atoms with E-state index in [0.29, 0.717) is 22.5 Å². The topological polar surface area (TPSA) is 83.0 Å². The number of β-amino-alcohol motifs (C(OH)–C–C–N with tert-alkyl or cyclic N) is 1. The third kappa shape index (κ3) is 4.14. The van der Waals surface area contributed by atoms with Crippen molar-refractivity contribution in [2.24, 2.45) is 0 Å². The van der Waals surface area contributed by atoms with Crippen LogP contribution in [0.25, 0.3) is 0 Å². The first-order valence-electron chi connectivity index (χ1n) is 10.1. The summed E-state index contributed by atoms with van der Waals surface area (Å²) in [6.07, 6.45) is -3.71. The number of aromatic nitrogens is 1. The van der Waals surface area contributed by atoms with E-state index in [2.05, 4.69) is 4.98 Å². The lowest BCUT2D eigenvalue weighted by Gasteiger charge is -2.26. The minimum absolute atomic E-state index is 0.0153. The van der Waals surface area contributed by atoms with Gasteiger partial charge >= 0.3 is 6.18 Å². The zero-order chi connectivity index (χ0) is 23.2. The van der Waals surface area contributed by atoms with Gasteiger partial charge in [-0.15, -0.1) is 0 Å². The van der Waals surface area contributed by atoms with E-state index >= 15 is 0 Å². The molecule has 0 saturated carbocycles. The van der Waals surface area contributed by atoms with Crippen LogP contribution in [-0.4, -0.2) is 52.2 Å². The Morgan fingerprint density at radius 2 is 2.03 bits per heavy atom. The molecule has 2 atom stereocenters. The van der Waals surface area contributed by atoms with Crippen LogP contribution in [0.1, 0.15) is 46.4 Å². The van der Waals surface area contributed by atoms with Crippen LogP contribution in [0.15, 0.2) is 30.5 Å². The SMILES string of the molecule is Cc1cc(C(C)N2Cc3c(ccnc3N3CC(O)CC3=O)C2=O)ccc1OCC(F)(F)F. The Morgan fingerprint density at radius 3 is 2.66 bits per heavy atom. The van der Waals surface area contributed by atoms with E-state index in [1.165, 1.54) is 17.2 Å². The molecule has 0 radical (unpaired) electrons. The second kappa shape index (κ2) is 8.09. The second-order valence-corrected chi connectivity index (χ2v) is 8.06. The van der Waals surface area contributed by atoms with E-state index in [9.17, 15) is 27.9 Å². The minimum Gasteiger partial charge on any atom is -0.484 e. The number of pyridine rings is 1. The predicted octanol–water partition coefficient (Wildman–Crippen LogP) is 3.15. The second-order valence-electron chi connectivity index (χ2n) is 8.06. The molecule has 1 fully saturated rings. The number of fused-ring (bicyclic) bond motifs is 1. The van der Waals surface area contributed by atoms with E-state index in [1.807, 2.05) is 6.92 Å². The van der Waals surface area contributed by atoms with Crippen molar-refractivity contribution < 1.29 is 32.6 Å². The number of hydrogen-bond donors (Lipinski definition) is 1. The number of amides is 2. The fourth-order valence-corrected chi connectivity index (χ4v) is 4.11. The summed E-state index contributed by atoms with van der Waals surface area (Å²) in [5.41, 5.74) is 2.33. The van der Waals surface area contributed by atoms with E-state index in [4.69, 9.17) is 4.74 Å². The number of carbonyl (C=O) groups is 2. The lowest BCUT2D eigenvalue weighted by Crippen LogP contribution is -2.28. The van der Waals surface area contributed by atoms with Gasteiger partial charge in [0.05, 0.1) is 31.7 Å². The minimum atomic E-state index is -4.43. The summed E-state index contributed by atoms with van der Waals surface area (Å²) >= 11 is 0. The number of anilines is 1. The zero-order valence-corrected chi connectivity index (χ0v) is 17.5. The summed E-state index contributed by atoms with van der Waals surface area (Å²) < 4.78 is 42.2. The van der Waals surface area contributed by atoms with Crippen molar-refractivity contribution in [3.05, 3.63) is 52.7 Å². The molecule has 10 heteroatoms. The molecule has 0 spiro atoms. The third-order valence-corrected chi connectivity index (χ3v) is 5.75. The highest BCUT2D eigenvalue weighted by atomic mass is 19.4. The normalized spacial score (nSPS) is 19.5. The fourth-order valence-electron chi connectivity index (χ4n) is 4.11. The number of hydrogen-bond acceptors (Lipinski definition) is 5. The Morgan fingerprint density at radius 1 is 1.28 bits per heavy atom. The molecule has 2 amide bonds. The Balaban J connectivity index is 1.56. The monoisotopic (exact) mass is 449 g/mol. The maximum atomic E-state index is 13.1. The quantitative estimate of drug-likeness (QED) is 0.759. The van der Waals surface area contributed by atoms with Crippen LogP contribution in [0.4, 0.5) is 19.0 Å². The highest BCUT2D eigenvalue weighted by Crippen LogP contribution is 2.37. The number of halogens is 3. The first-order chi connectivity index (χ1) is 15.0. The van der Waals surface area contributed by atoms with Crippen molar-refractivity contribution in [2.45, 2.75) is 45.1 Å². The molecule has 2 aliphatic heterocycles. The molecule has 4 rings (SSSR count).